The van der Waals surface area contributed by atoms with Crippen LogP contribution in [0.4, 0.5) is 4.39 Å². The number of rotatable bonds is 4. The summed E-state index contributed by atoms with van der Waals surface area (Å²) < 4.78 is 13.0. The summed E-state index contributed by atoms with van der Waals surface area (Å²) in [5.41, 5.74) is 3.48. The van der Waals surface area contributed by atoms with Crippen molar-refractivity contribution in [1.29, 1.82) is 0 Å². The number of hydrogen-bond acceptors (Lipinski definition) is 2. The van der Waals surface area contributed by atoms with Crippen molar-refractivity contribution in [1.82, 2.24) is 10.2 Å². The lowest BCUT2D eigenvalue weighted by atomic mass is 9.80. The third kappa shape index (κ3) is 4.66. The van der Waals surface area contributed by atoms with Crippen LogP contribution >= 0.6 is 0 Å². The Hall–Kier alpha value is -2.69. The Morgan fingerprint density at radius 2 is 1.59 bits per heavy atom. The molecule has 1 N–H and O–H groups in total. The average Bonchev–Trinajstić information content (AvgIpc) is 2.78. The smallest absolute Gasteiger partial charge is 0.225 e. The van der Waals surface area contributed by atoms with Gasteiger partial charge in [0.15, 0.2) is 0 Å². The second-order valence-corrected chi connectivity index (χ2v) is 8.17. The van der Waals surface area contributed by atoms with Crippen molar-refractivity contribution in [3.05, 3.63) is 71.0 Å². The highest BCUT2D eigenvalue weighted by molar-refractivity contribution is 5.81. The van der Waals surface area contributed by atoms with E-state index in [4.69, 9.17) is 0 Å². The molecular formula is C24H27FN2O2. The summed E-state index contributed by atoms with van der Waals surface area (Å²) in [6, 6.07) is 14.5. The zero-order valence-electron chi connectivity index (χ0n) is 16.6. The van der Waals surface area contributed by atoms with Gasteiger partial charge >= 0.3 is 0 Å². The minimum atomic E-state index is -0.278. The van der Waals surface area contributed by atoms with E-state index >= 15 is 0 Å². The molecule has 2 aliphatic rings. The second-order valence-electron chi connectivity index (χ2n) is 8.17. The molecule has 2 aromatic rings. The van der Waals surface area contributed by atoms with Crippen LogP contribution < -0.4 is 5.32 Å². The number of amides is 2. The first-order chi connectivity index (χ1) is 14.1. The summed E-state index contributed by atoms with van der Waals surface area (Å²) in [6.45, 7) is 1.90. The van der Waals surface area contributed by atoms with Crippen LogP contribution in [0.1, 0.15) is 42.4 Å². The van der Waals surface area contributed by atoms with Gasteiger partial charge in [-0.15, -0.1) is 0 Å². The summed E-state index contributed by atoms with van der Waals surface area (Å²) >= 11 is 0. The van der Waals surface area contributed by atoms with Gasteiger partial charge in [-0.2, -0.15) is 0 Å². The number of fused-ring (bicyclic) bond motifs is 1. The Morgan fingerprint density at radius 1 is 0.931 bits per heavy atom. The highest BCUT2D eigenvalue weighted by atomic mass is 19.1. The molecule has 1 heterocycles. The molecule has 0 spiro atoms. The molecule has 1 aliphatic heterocycles. The largest absolute Gasteiger partial charge is 0.352 e. The van der Waals surface area contributed by atoms with Crippen molar-refractivity contribution in [3.63, 3.8) is 0 Å². The van der Waals surface area contributed by atoms with Gasteiger partial charge in [-0.1, -0.05) is 36.4 Å². The van der Waals surface area contributed by atoms with Crippen molar-refractivity contribution >= 4 is 11.8 Å². The number of benzene rings is 2. The average molecular weight is 394 g/mol. The molecule has 152 valence electrons. The monoisotopic (exact) mass is 394 g/mol. The first-order valence-electron chi connectivity index (χ1n) is 10.5. The van der Waals surface area contributed by atoms with Crippen LogP contribution in [0.3, 0.4) is 0 Å². The SMILES string of the molecule is O=C(NCc1ccc(F)cc1)C1CCC(C(=O)N2CCc3ccccc3C2)CC1. The zero-order chi connectivity index (χ0) is 20.2. The Bertz CT molecular complexity index is 873. The zero-order valence-corrected chi connectivity index (χ0v) is 16.6. The molecule has 4 rings (SSSR count). The summed E-state index contributed by atoms with van der Waals surface area (Å²) in [4.78, 5) is 27.4. The molecule has 29 heavy (non-hydrogen) atoms. The van der Waals surface area contributed by atoms with Crippen LogP contribution in [0.25, 0.3) is 0 Å². The molecule has 0 unspecified atom stereocenters. The maximum atomic E-state index is 13.0. The molecule has 2 amide bonds. The van der Waals surface area contributed by atoms with Crippen molar-refractivity contribution in [2.75, 3.05) is 6.54 Å². The summed E-state index contributed by atoms with van der Waals surface area (Å²) in [5.74, 6) is -0.0138. The fraction of sp³-hybridized carbons (Fsp3) is 0.417. The minimum Gasteiger partial charge on any atom is -0.352 e. The van der Waals surface area contributed by atoms with E-state index in [1.807, 2.05) is 11.0 Å². The number of hydrogen-bond donors (Lipinski definition) is 1. The summed E-state index contributed by atoms with van der Waals surface area (Å²) in [5, 5.41) is 2.95. The first-order valence-corrected chi connectivity index (χ1v) is 10.5. The van der Waals surface area contributed by atoms with Crippen LogP contribution in [0.5, 0.6) is 0 Å². The van der Waals surface area contributed by atoms with E-state index < -0.39 is 0 Å². The van der Waals surface area contributed by atoms with E-state index in [1.54, 1.807) is 12.1 Å². The molecule has 0 atom stereocenters. The van der Waals surface area contributed by atoms with Gasteiger partial charge in [-0.3, -0.25) is 9.59 Å². The van der Waals surface area contributed by atoms with E-state index in [1.165, 1.54) is 23.3 Å². The molecule has 5 heteroatoms. The molecule has 0 aromatic heterocycles. The molecule has 0 bridgehead atoms. The fourth-order valence-corrected chi connectivity index (χ4v) is 4.48. The number of halogens is 1. The van der Waals surface area contributed by atoms with E-state index in [0.29, 0.717) is 13.1 Å². The predicted molar refractivity (Wildman–Crippen MR) is 109 cm³/mol. The molecule has 1 fully saturated rings. The standard InChI is InChI=1S/C24H27FN2O2/c25-22-11-5-17(6-12-22)15-26-23(28)19-7-9-20(10-8-19)24(29)27-14-13-18-3-1-2-4-21(18)16-27/h1-6,11-12,19-20H,7-10,13-16H2,(H,26,28). The molecule has 4 nitrogen and oxygen atoms in total. The Balaban J connectivity index is 1.25. The van der Waals surface area contributed by atoms with Crippen LogP contribution in [0, 0.1) is 17.7 Å². The third-order valence-electron chi connectivity index (χ3n) is 6.27. The Labute approximate surface area is 171 Å². The molecule has 1 saturated carbocycles. The van der Waals surface area contributed by atoms with Crippen LogP contribution in [0.2, 0.25) is 0 Å². The first kappa shape index (κ1) is 19.6. The van der Waals surface area contributed by atoms with Crippen molar-refractivity contribution in [3.8, 4) is 0 Å². The highest BCUT2D eigenvalue weighted by Crippen LogP contribution is 2.31. The van der Waals surface area contributed by atoms with E-state index in [-0.39, 0.29) is 29.5 Å². The Morgan fingerprint density at radius 3 is 2.31 bits per heavy atom. The molecule has 1 aliphatic carbocycles. The van der Waals surface area contributed by atoms with Gasteiger partial charge in [0.05, 0.1) is 0 Å². The van der Waals surface area contributed by atoms with E-state index in [2.05, 4.69) is 23.5 Å². The van der Waals surface area contributed by atoms with Gasteiger partial charge in [0.25, 0.3) is 0 Å². The molecule has 2 aromatic carbocycles. The number of nitrogens with one attached hydrogen (secondary N) is 1. The van der Waals surface area contributed by atoms with Crippen LogP contribution in [-0.2, 0) is 29.1 Å². The predicted octanol–water partition coefficient (Wildman–Crippen LogP) is 3.83. The maximum Gasteiger partial charge on any atom is 0.225 e. The minimum absolute atomic E-state index is 0.0291. The van der Waals surface area contributed by atoms with E-state index in [0.717, 1.165) is 44.2 Å². The fourth-order valence-electron chi connectivity index (χ4n) is 4.48. The topological polar surface area (TPSA) is 49.4 Å². The van der Waals surface area contributed by atoms with Crippen LogP contribution in [0.15, 0.2) is 48.5 Å². The van der Waals surface area contributed by atoms with Gasteiger partial charge in [-0.25, -0.2) is 4.39 Å². The van der Waals surface area contributed by atoms with Gasteiger partial charge in [-0.05, 0) is 60.9 Å². The second kappa shape index (κ2) is 8.76. The maximum absolute atomic E-state index is 13.0. The lowest BCUT2D eigenvalue weighted by molar-refractivity contribution is -0.139. The quantitative estimate of drug-likeness (QED) is 0.857. The van der Waals surface area contributed by atoms with Crippen LogP contribution in [-0.4, -0.2) is 23.3 Å². The lowest BCUT2D eigenvalue weighted by Gasteiger charge is -2.34. The Kier molecular flexibility index (Phi) is 5.93. The molecule has 0 saturated heterocycles. The van der Waals surface area contributed by atoms with Crippen molar-refractivity contribution in [2.45, 2.75) is 45.2 Å². The molecule has 0 radical (unpaired) electrons. The van der Waals surface area contributed by atoms with Crippen molar-refractivity contribution in [2.24, 2.45) is 11.8 Å². The summed E-state index contributed by atoms with van der Waals surface area (Å²) in [7, 11) is 0. The highest BCUT2D eigenvalue weighted by Gasteiger charge is 2.33. The van der Waals surface area contributed by atoms with Gasteiger partial charge in [0.1, 0.15) is 5.82 Å². The van der Waals surface area contributed by atoms with Gasteiger partial charge in [0.2, 0.25) is 11.8 Å². The van der Waals surface area contributed by atoms with Crippen molar-refractivity contribution < 1.29 is 14.0 Å². The normalized spacial score (nSPS) is 21.3. The number of nitrogens with zero attached hydrogens (tertiary/aromatic N) is 1. The third-order valence-corrected chi connectivity index (χ3v) is 6.27. The lowest BCUT2D eigenvalue weighted by Crippen LogP contribution is -2.42. The number of carbonyl (C=O) groups excluding carboxylic acids is 2. The molecular weight excluding hydrogens is 367 g/mol. The van der Waals surface area contributed by atoms with Gasteiger partial charge in [0, 0.05) is 31.5 Å². The van der Waals surface area contributed by atoms with Gasteiger partial charge < -0.3 is 10.2 Å². The number of carbonyl (C=O) groups is 2. The van der Waals surface area contributed by atoms with E-state index in [9.17, 15) is 14.0 Å². The summed E-state index contributed by atoms with van der Waals surface area (Å²) in [6.07, 6.45) is 3.95.